The molecule has 5 nitrogen and oxygen atoms in total. The molecule has 0 amide bonds. The number of nitrogens with one attached hydrogen (secondary N) is 2. The summed E-state index contributed by atoms with van der Waals surface area (Å²) in [5.74, 6) is 0.595. The molecule has 2 aromatic rings. The molecule has 1 fully saturated rings. The number of benzene rings is 1. The monoisotopic (exact) mass is 307 g/mol. The molecule has 21 heavy (non-hydrogen) atoms. The number of nitrogens with zero attached hydrogens (tertiary/aromatic N) is 1. The molecule has 0 aliphatic carbocycles. The lowest BCUT2D eigenvalue weighted by atomic mass is 9.90. The number of hydrogen-bond donors (Lipinski definition) is 2. The summed E-state index contributed by atoms with van der Waals surface area (Å²) in [5, 5.41) is 3.36. The molecule has 0 radical (unpaired) electrons. The first-order valence-electron chi connectivity index (χ1n) is 6.87. The van der Waals surface area contributed by atoms with Gasteiger partial charge in [0.05, 0.1) is 5.69 Å². The fourth-order valence-corrected chi connectivity index (χ4v) is 2.68. The molecule has 1 saturated heterocycles. The molecule has 3 rings (SSSR count). The second-order valence-corrected chi connectivity index (χ2v) is 5.10. The molecule has 2 heterocycles. The third-order valence-corrected chi connectivity index (χ3v) is 3.81. The van der Waals surface area contributed by atoms with Crippen molar-refractivity contribution in [1.82, 2.24) is 14.9 Å². The van der Waals surface area contributed by atoms with Crippen molar-refractivity contribution in [3.8, 4) is 5.69 Å². The quantitative estimate of drug-likeness (QED) is 0.881. The second-order valence-electron chi connectivity index (χ2n) is 5.10. The van der Waals surface area contributed by atoms with Crippen LogP contribution >= 0.6 is 12.4 Å². The average Bonchev–Trinajstić information content (AvgIpc) is 2.48. The summed E-state index contributed by atoms with van der Waals surface area (Å²) in [7, 11) is 0. The minimum atomic E-state index is -0.410. The summed E-state index contributed by atoms with van der Waals surface area (Å²) in [6.45, 7) is 2.12. The Labute approximate surface area is 128 Å². The Hall–Kier alpha value is -1.85. The zero-order valence-corrected chi connectivity index (χ0v) is 12.4. The van der Waals surface area contributed by atoms with E-state index in [9.17, 15) is 9.59 Å². The molecule has 6 heteroatoms. The molecule has 0 atom stereocenters. The van der Waals surface area contributed by atoms with E-state index in [0.717, 1.165) is 31.6 Å². The van der Waals surface area contributed by atoms with E-state index in [1.165, 1.54) is 22.4 Å². The molecule has 1 aromatic carbocycles. The molecule has 1 aliphatic rings. The molecular weight excluding hydrogens is 290 g/mol. The first kappa shape index (κ1) is 15.5. The highest BCUT2D eigenvalue weighted by Crippen LogP contribution is 2.25. The van der Waals surface area contributed by atoms with E-state index in [1.807, 2.05) is 12.1 Å². The average molecular weight is 308 g/mol. The van der Waals surface area contributed by atoms with E-state index < -0.39 is 5.69 Å². The van der Waals surface area contributed by atoms with Gasteiger partial charge < -0.3 is 5.32 Å². The number of aromatic amines is 1. The Bertz CT molecular complexity index is 700. The van der Waals surface area contributed by atoms with Gasteiger partial charge in [-0.3, -0.25) is 14.3 Å². The van der Waals surface area contributed by atoms with Gasteiger partial charge in [0.15, 0.2) is 0 Å². The zero-order chi connectivity index (χ0) is 13.9. The van der Waals surface area contributed by atoms with Gasteiger partial charge in [0.25, 0.3) is 5.56 Å². The highest BCUT2D eigenvalue weighted by molar-refractivity contribution is 5.85. The van der Waals surface area contributed by atoms with Gasteiger partial charge in [0, 0.05) is 12.3 Å². The van der Waals surface area contributed by atoms with Gasteiger partial charge in [-0.25, -0.2) is 4.79 Å². The molecule has 0 saturated carbocycles. The summed E-state index contributed by atoms with van der Waals surface area (Å²) in [5.41, 5.74) is 1.29. The Morgan fingerprint density at radius 2 is 1.67 bits per heavy atom. The van der Waals surface area contributed by atoms with Crippen LogP contribution in [0.15, 0.2) is 46.1 Å². The maximum absolute atomic E-state index is 11.7. The van der Waals surface area contributed by atoms with Crippen LogP contribution in [0.25, 0.3) is 5.69 Å². The molecule has 0 unspecified atom stereocenters. The number of H-pyrrole nitrogens is 1. The van der Waals surface area contributed by atoms with Crippen molar-refractivity contribution in [3.05, 3.63) is 62.9 Å². The zero-order valence-electron chi connectivity index (χ0n) is 11.5. The maximum atomic E-state index is 11.7. The van der Waals surface area contributed by atoms with E-state index in [2.05, 4.69) is 22.4 Å². The number of piperidine rings is 1. The van der Waals surface area contributed by atoms with Gasteiger partial charge in [-0.15, -0.1) is 12.4 Å². The smallest absolute Gasteiger partial charge is 0.317 e. The van der Waals surface area contributed by atoms with Crippen LogP contribution in [0.1, 0.15) is 24.3 Å². The molecule has 2 N–H and O–H groups in total. The first-order chi connectivity index (χ1) is 9.74. The predicted octanol–water partition coefficient (Wildman–Crippen LogP) is 1.41. The first-order valence-corrected chi connectivity index (χ1v) is 6.87. The van der Waals surface area contributed by atoms with Crippen LogP contribution in [0.2, 0.25) is 0 Å². The number of hydrogen-bond acceptors (Lipinski definition) is 3. The second kappa shape index (κ2) is 6.74. The number of aromatic nitrogens is 2. The number of rotatable bonds is 2. The van der Waals surface area contributed by atoms with E-state index in [-0.39, 0.29) is 18.0 Å². The van der Waals surface area contributed by atoms with Crippen LogP contribution < -0.4 is 16.6 Å². The maximum Gasteiger partial charge on any atom is 0.332 e. The molecule has 0 bridgehead atoms. The van der Waals surface area contributed by atoms with Crippen molar-refractivity contribution in [2.24, 2.45) is 0 Å². The Morgan fingerprint density at radius 1 is 1.00 bits per heavy atom. The van der Waals surface area contributed by atoms with Crippen molar-refractivity contribution in [2.45, 2.75) is 18.8 Å². The van der Waals surface area contributed by atoms with Gasteiger partial charge in [0.1, 0.15) is 0 Å². The van der Waals surface area contributed by atoms with Gasteiger partial charge in [-0.05, 0) is 49.5 Å². The van der Waals surface area contributed by atoms with Crippen molar-refractivity contribution in [2.75, 3.05) is 13.1 Å². The standard InChI is InChI=1S/C15H17N3O2.ClH/c19-14-7-10-18(15(20)17-14)13-3-1-11(2-4-13)12-5-8-16-9-6-12;/h1-4,7,10,12,16H,5-6,8-9H2,(H,17,19,20);1H. The topological polar surface area (TPSA) is 66.9 Å². The van der Waals surface area contributed by atoms with Crippen LogP contribution in [-0.4, -0.2) is 22.6 Å². The van der Waals surface area contributed by atoms with Crippen molar-refractivity contribution < 1.29 is 0 Å². The van der Waals surface area contributed by atoms with Crippen LogP contribution in [0.5, 0.6) is 0 Å². The van der Waals surface area contributed by atoms with Gasteiger partial charge in [0.2, 0.25) is 0 Å². The fourth-order valence-electron chi connectivity index (χ4n) is 2.68. The number of halogens is 1. The largest absolute Gasteiger partial charge is 0.332 e. The van der Waals surface area contributed by atoms with Gasteiger partial charge in [-0.2, -0.15) is 0 Å². The fraction of sp³-hybridized carbons (Fsp3) is 0.333. The van der Waals surface area contributed by atoms with Gasteiger partial charge in [-0.1, -0.05) is 12.1 Å². The Kier molecular flexibility index (Phi) is 4.98. The summed E-state index contributed by atoms with van der Waals surface area (Å²) in [4.78, 5) is 25.0. The van der Waals surface area contributed by atoms with E-state index >= 15 is 0 Å². The molecule has 0 spiro atoms. The highest BCUT2D eigenvalue weighted by Gasteiger charge is 2.14. The third-order valence-electron chi connectivity index (χ3n) is 3.81. The highest BCUT2D eigenvalue weighted by atomic mass is 35.5. The Morgan fingerprint density at radius 3 is 2.29 bits per heavy atom. The van der Waals surface area contributed by atoms with E-state index in [1.54, 1.807) is 0 Å². The minimum Gasteiger partial charge on any atom is -0.317 e. The summed E-state index contributed by atoms with van der Waals surface area (Å²) in [6, 6.07) is 9.35. The summed E-state index contributed by atoms with van der Waals surface area (Å²) >= 11 is 0. The lowest BCUT2D eigenvalue weighted by Crippen LogP contribution is -2.27. The van der Waals surface area contributed by atoms with E-state index in [4.69, 9.17) is 0 Å². The van der Waals surface area contributed by atoms with Crippen molar-refractivity contribution >= 4 is 12.4 Å². The summed E-state index contributed by atoms with van der Waals surface area (Å²) < 4.78 is 1.44. The van der Waals surface area contributed by atoms with Crippen LogP contribution in [0.3, 0.4) is 0 Å². The molecule has 1 aliphatic heterocycles. The van der Waals surface area contributed by atoms with Crippen LogP contribution in [0, 0.1) is 0 Å². The predicted molar refractivity (Wildman–Crippen MR) is 84.8 cm³/mol. The van der Waals surface area contributed by atoms with Crippen molar-refractivity contribution in [3.63, 3.8) is 0 Å². The minimum absolute atomic E-state index is 0. The van der Waals surface area contributed by atoms with Gasteiger partial charge >= 0.3 is 5.69 Å². The van der Waals surface area contributed by atoms with Crippen molar-refractivity contribution in [1.29, 1.82) is 0 Å². The lowest BCUT2D eigenvalue weighted by molar-refractivity contribution is 0.460. The molecular formula is C15H18ClN3O2. The lowest BCUT2D eigenvalue weighted by Gasteiger charge is -2.23. The SMILES string of the molecule is Cl.O=c1ccn(-c2ccc(C3CCNCC3)cc2)c(=O)[nH]1. The van der Waals surface area contributed by atoms with Crippen LogP contribution in [-0.2, 0) is 0 Å². The normalized spacial score (nSPS) is 15.4. The summed E-state index contributed by atoms with van der Waals surface area (Å²) in [6.07, 6.45) is 3.80. The molecule has 112 valence electrons. The Balaban J connectivity index is 0.00000161. The van der Waals surface area contributed by atoms with Crippen LogP contribution in [0.4, 0.5) is 0 Å². The molecule has 1 aromatic heterocycles. The third kappa shape index (κ3) is 3.43. The van der Waals surface area contributed by atoms with E-state index in [0.29, 0.717) is 5.92 Å².